The lowest BCUT2D eigenvalue weighted by molar-refractivity contribution is 0.414. The third-order valence-corrected chi connectivity index (χ3v) is 3.21. The molecule has 2 rings (SSSR count). The van der Waals surface area contributed by atoms with Crippen molar-refractivity contribution in [3.05, 3.63) is 64.7 Å². The van der Waals surface area contributed by atoms with Gasteiger partial charge in [0.2, 0.25) is 0 Å². The van der Waals surface area contributed by atoms with Gasteiger partial charge in [0.15, 0.2) is 0 Å². The van der Waals surface area contributed by atoms with Crippen LogP contribution in [0.4, 0.5) is 0 Å². The summed E-state index contributed by atoms with van der Waals surface area (Å²) < 4.78 is 5.21. The van der Waals surface area contributed by atoms with Gasteiger partial charge in [-0.1, -0.05) is 35.9 Å². The van der Waals surface area contributed by atoms with Gasteiger partial charge in [-0.3, -0.25) is 0 Å². The number of aryl methyl sites for hydroxylation is 2. The molecule has 18 heavy (non-hydrogen) atoms. The Hall–Kier alpha value is -1.80. The van der Waals surface area contributed by atoms with Crippen LogP contribution in [0, 0.1) is 13.8 Å². The first-order chi connectivity index (χ1) is 8.61. The van der Waals surface area contributed by atoms with Crippen LogP contribution in [0.15, 0.2) is 42.5 Å². The molecular weight excluding hydrogens is 222 g/mol. The molecule has 0 aliphatic carbocycles. The summed E-state index contributed by atoms with van der Waals surface area (Å²) in [5.74, 6) is 0.868. The van der Waals surface area contributed by atoms with Crippen molar-refractivity contribution in [3.8, 4) is 5.75 Å². The van der Waals surface area contributed by atoms with E-state index < -0.39 is 0 Å². The third kappa shape index (κ3) is 2.54. The van der Waals surface area contributed by atoms with E-state index in [0.717, 1.165) is 22.4 Å². The fourth-order valence-corrected chi connectivity index (χ4v) is 2.17. The van der Waals surface area contributed by atoms with E-state index in [-0.39, 0.29) is 6.04 Å². The van der Waals surface area contributed by atoms with E-state index in [9.17, 15) is 0 Å². The lowest BCUT2D eigenvalue weighted by Crippen LogP contribution is -2.13. The maximum Gasteiger partial charge on any atom is 0.119 e. The van der Waals surface area contributed by atoms with Crippen LogP contribution >= 0.6 is 0 Å². The molecule has 0 bridgehead atoms. The molecule has 1 unspecified atom stereocenters. The average molecular weight is 241 g/mol. The molecule has 0 heterocycles. The van der Waals surface area contributed by atoms with Crippen molar-refractivity contribution in [3.63, 3.8) is 0 Å². The Morgan fingerprint density at radius 3 is 2.44 bits per heavy atom. The van der Waals surface area contributed by atoms with Crippen molar-refractivity contribution in [1.29, 1.82) is 0 Å². The van der Waals surface area contributed by atoms with E-state index in [0.29, 0.717) is 0 Å². The summed E-state index contributed by atoms with van der Waals surface area (Å²) in [6, 6.07) is 14.3. The maximum atomic E-state index is 6.34. The smallest absolute Gasteiger partial charge is 0.119 e. The largest absolute Gasteiger partial charge is 0.497 e. The monoisotopic (exact) mass is 241 g/mol. The van der Waals surface area contributed by atoms with E-state index in [4.69, 9.17) is 10.5 Å². The molecule has 0 aliphatic rings. The first-order valence-corrected chi connectivity index (χ1v) is 6.08. The number of ether oxygens (including phenoxy) is 1. The Bertz CT molecular complexity index is 549. The summed E-state index contributed by atoms with van der Waals surface area (Å²) in [7, 11) is 1.68. The summed E-state index contributed by atoms with van der Waals surface area (Å²) in [4.78, 5) is 0. The zero-order valence-corrected chi connectivity index (χ0v) is 11.1. The van der Waals surface area contributed by atoms with Gasteiger partial charge in [-0.15, -0.1) is 0 Å². The Kier molecular flexibility index (Phi) is 3.68. The molecule has 0 fully saturated rings. The Morgan fingerprint density at radius 1 is 1.06 bits per heavy atom. The first-order valence-electron chi connectivity index (χ1n) is 6.08. The highest BCUT2D eigenvalue weighted by Crippen LogP contribution is 2.26. The van der Waals surface area contributed by atoms with Crippen LogP contribution in [0.5, 0.6) is 5.75 Å². The Labute approximate surface area is 108 Å². The summed E-state index contributed by atoms with van der Waals surface area (Å²) in [5, 5.41) is 0. The standard InChI is InChI=1S/C16H19NO/c1-11-5-4-6-13(9-11)16(17)15-8-7-14(18-3)10-12(15)2/h4-10,16H,17H2,1-3H3. The Balaban J connectivity index is 2.37. The molecular formula is C16H19NO. The molecule has 0 radical (unpaired) electrons. The molecule has 94 valence electrons. The maximum absolute atomic E-state index is 6.34. The SMILES string of the molecule is COc1ccc(C(N)c2cccc(C)c2)c(C)c1. The van der Waals surface area contributed by atoms with E-state index in [1.807, 2.05) is 24.3 Å². The van der Waals surface area contributed by atoms with Crippen molar-refractivity contribution in [2.45, 2.75) is 19.9 Å². The van der Waals surface area contributed by atoms with Crippen LogP contribution in [-0.2, 0) is 0 Å². The number of nitrogens with two attached hydrogens (primary N) is 1. The predicted molar refractivity (Wildman–Crippen MR) is 74.9 cm³/mol. The van der Waals surface area contributed by atoms with Gasteiger partial charge in [0.1, 0.15) is 5.75 Å². The van der Waals surface area contributed by atoms with E-state index in [2.05, 4.69) is 32.0 Å². The van der Waals surface area contributed by atoms with Crippen LogP contribution < -0.4 is 10.5 Å². The molecule has 2 N–H and O–H groups in total. The quantitative estimate of drug-likeness (QED) is 0.894. The molecule has 0 amide bonds. The summed E-state index contributed by atoms with van der Waals surface area (Å²) >= 11 is 0. The predicted octanol–water partition coefficient (Wildman–Crippen LogP) is 3.36. The number of hydrogen-bond donors (Lipinski definition) is 1. The highest BCUT2D eigenvalue weighted by molar-refractivity contribution is 5.41. The van der Waals surface area contributed by atoms with Crippen molar-refractivity contribution in [2.24, 2.45) is 5.73 Å². The number of hydrogen-bond acceptors (Lipinski definition) is 2. The van der Waals surface area contributed by atoms with Crippen LogP contribution in [0.25, 0.3) is 0 Å². The molecule has 0 aromatic heterocycles. The van der Waals surface area contributed by atoms with Gasteiger partial charge in [0, 0.05) is 0 Å². The molecule has 0 saturated carbocycles. The lowest BCUT2D eigenvalue weighted by atomic mass is 9.95. The van der Waals surface area contributed by atoms with Gasteiger partial charge in [0.05, 0.1) is 13.2 Å². The molecule has 0 saturated heterocycles. The minimum absolute atomic E-state index is 0.0872. The third-order valence-electron chi connectivity index (χ3n) is 3.21. The minimum Gasteiger partial charge on any atom is -0.497 e. The molecule has 2 aromatic carbocycles. The zero-order valence-electron chi connectivity index (χ0n) is 11.1. The van der Waals surface area contributed by atoms with Gasteiger partial charge in [-0.25, -0.2) is 0 Å². The van der Waals surface area contributed by atoms with Gasteiger partial charge < -0.3 is 10.5 Å². The molecule has 2 heteroatoms. The molecule has 0 spiro atoms. The second-order valence-electron chi connectivity index (χ2n) is 4.61. The van der Waals surface area contributed by atoms with Crippen LogP contribution in [0.2, 0.25) is 0 Å². The van der Waals surface area contributed by atoms with Crippen molar-refractivity contribution >= 4 is 0 Å². The zero-order chi connectivity index (χ0) is 13.1. The van der Waals surface area contributed by atoms with Gasteiger partial charge in [0.25, 0.3) is 0 Å². The van der Waals surface area contributed by atoms with E-state index in [1.165, 1.54) is 5.56 Å². The Morgan fingerprint density at radius 2 is 1.83 bits per heavy atom. The highest BCUT2D eigenvalue weighted by atomic mass is 16.5. The first kappa shape index (κ1) is 12.7. The van der Waals surface area contributed by atoms with Crippen LogP contribution in [0.3, 0.4) is 0 Å². The van der Waals surface area contributed by atoms with Crippen LogP contribution in [-0.4, -0.2) is 7.11 Å². The van der Waals surface area contributed by atoms with Gasteiger partial charge in [-0.05, 0) is 42.7 Å². The summed E-state index contributed by atoms with van der Waals surface area (Å²) in [6.45, 7) is 4.14. The molecule has 1 atom stereocenters. The topological polar surface area (TPSA) is 35.2 Å². The highest BCUT2D eigenvalue weighted by Gasteiger charge is 2.11. The second kappa shape index (κ2) is 5.23. The van der Waals surface area contributed by atoms with Crippen molar-refractivity contribution in [1.82, 2.24) is 0 Å². The van der Waals surface area contributed by atoms with Crippen molar-refractivity contribution < 1.29 is 4.74 Å². The number of rotatable bonds is 3. The minimum atomic E-state index is -0.0872. The lowest BCUT2D eigenvalue weighted by Gasteiger charge is -2.16. The summed E-state index contributed by atoms with van der Waals surface area (Å²) in [6.07, 6.45) is 0. The molecule has 0 aliphatic heterocycles. The van der Waals surface area contributed by atoms with Gasteiger partial charge >= 0.3 is 0 Å². The average Bonchev–Trinajstić information content (AvgIpc) is 2.37. The normalized spacial score (nSPS) is 12.2. The summed E-state index contributed by atoms with van der Waals surface area (Å²) in [5.41, 5.74) is 11.0. The number of methoxy groups -OCH3 is 1. The fourth-order valence-electron chi connectivity index (χ4n) is 2.17. The molecule has 2 aromatic rings. The van der Waals surface area contributed by atoms with Crippen molar-refractivity contribution in [2.75, 3.05) is 7.11 Å². The number of benzene rings is 2. The molecule has 2 nitrogen and oxygen atoms in total. The second-order valence-corrected chi connectivity index (χ2v) is 4.61. The van der Waals surface area contributed by atoms with Crippen LogP contribution in [0.1, 0.15) is 28.3 Å². The fraction of sp³-hybridized carbons (Fsp3) is 0.250. The van der Waals surface area contributed by atoms with E-state index in [1.54, 1.807) is 7.11 Å². The van der Waals surface area contributed by atoms with Gasteiger partial charge in [-0.2, -0.15) is 0 Å². The van der Waals surface area contributed by atoms with E-state index >= 15 is 0 Å².